The lowest BCUT2D eigenvalue weighted by Crippen LogP contribution is -2.47. The molecule has 14 heavy (non-hydrogen) atoms. The van der Waals surface area contributed by atoms with Gasteiger partial charge in [0.05, 0.1) is 11.7 Å². The zero-order valence-electron chi connectivity index (χ0n) is 7.90. The molecule has 0 saturated carbocycles. The zero-order chi connectivity index (χ0) is 10.3. The molecule has 1 aromatic rings. The minimum atomic E-state index is -0.630. The van der Waals surface area contributed by atoms with Crippen molar-refractivity contribution in [1.29, 1.82) is 0 Å². The van der Waals surface area contributed by atoms with E-state index < -0.39 is 11.9 Å². The zero-order valence-corrected chi connectivity index (χ0v) is 7.90. The molecule has 0 aliphatic carbocycles. The van der Waals surface area contributed by atoms with Crippen molar-refractivity contribution < 1.29 is 10.0 Å². The summed E-state index contributed by atoms with van der Waals surface area (Å²) < 4.78 is 0. The van der Waals surface area contributed by atoms with Crippen molar-refractivity contribution in [3.05, 3.63) is 29.3 Å². The van der Waals surface area contributed by atoms with E-state index in [1.54, 1.807) is 6.07 Å². The van der Waals surface area contributed by atoms with Gasteiger partial charge in [-0.1, -0.05) is 17.7 Å². The lowest BCUT2D eigenvalue weighted by molar-refractivity contribution is -0.125. The van der Waals surface area contributed by atoms with Crippen LogP contribution < -0.4 is 10.8 Å². The Balaban J connectivity index is 2.50. The lowest BCUT2D eigenvalue weighted by Gasteiger charge is -2.27. The summed E-state index contributed by atoms with van der Waals surface area (Å²) in [5, 5.41) is 10.1. The van der Waals surface area contributed by atoms with Gasteiger partial charge < -0.3 is 5.73 Å². The van der Waals surface area contributed by atoms with Crippen LogP contribution in [0.2, 0.25) is 0 Å². The van der Waals surface area contributed by atoms with Gasteiger partial charge in [-0.3, -0.25) is 10.0 Å². The number of nitrogens with two attached hydrogens (primary N) is 1. The number of amides is 1. The molecule has 1 heterocycles. The summed E-state index contributed by atoms with van der Waals surface area (Å²) in [5.41, 5.74) is 8.14. The smallest absolute Gasteiger partial charge is 0.267 e. The Hall–Kier alpha value is -1.39. The number of hydrogen-bond acceptors (Lipinski definition) is 3. The van der Waals surface area contributed by atoms with Gasteiger partial charge in [-0.2, -0.15) is 5.06 Å². The van der Waals surface area contributed by atoms with Crippen molar-refractivity contribution in [2.24, 2.45) is 5.73 Å². The summed E-state index contributed by atoms with van der Waals surface area (Å²) in [7, 11) is 0. The molecule has 74 valence electrons. The Labute approximate surface area is 81.9 Å². The first kappa shape index (κ1) is 9.18. The number of rotatable bonds is 0. The molecule has 3 N–H and O–H groups in total. The normalized spacial score (nSPS) is 20.9. The maximum Gasteiger partial charge on any atom is 0.267 e. The topological polar surface area (TPSA) is 66.6 Å². The molecule has 0 saturated heterocycles. The number of benzene rings is 1. The molecule has 0 radical (unpaired) electrons. The molecule has 4 heteroatoms. The van der Waals surface area contributed by atoms with Gasteiger partial charge in [-0.25, -0.2) is 0 Å². The molecule has 1 aromatic carbocycles. The Morgan fingerprint density at radius 2 is 2.29 bits per heavy atom. The molecule has 1 aliphatic heterocycles. The lowest BCUT2D eigenvalue weighted by atomic mass is 9.97. The third kappa shape index (κ3) is 1.29. The number of hydroxylamine groups is 1. The molecular weight excluding hydrogens is 180 g/mol. The van der Waals surface area contributed by atoms with Gasteiger partial charge in [0.2, 0.25) is 0 Å². The van der Waals surface area contributed by atoms with Gasteiger partial charge >= 0.3 is 0 Å². The summed E-state index contributed by atoms with van der Waals surface area (Å²) in [6, 6.07) is 4.89. The quantitative estimate of drug-likeness (QED) is 0.591. The first-order valence-electron chi connectivity index (χ1n) is 4.47. The molecule has 0 fully saturated rings. The van der Waals surface area contributed by atoms with E-state index >= 15 is 0 Å². The number of carbonyl (C=O) groups excluding carboxylic acids is 1. The van der Waals surface area contributed by atoms with Crippen LogP contribution in [0.4, 0.5) is 5.69 Å². The Kier molecular flexibility index (Phi) is 2.02. The highest BCUT2D eigenvalue weighted by molar-refractivity contribution is 5.98. The maximum absolute atomic E-state index is 11.3. The van der Waals surface area contributed by atoms with Crippen molar-refractivity contribution >= 4 is 11.6 Å². The van der Waals surface area contributed by atoms with Gasteiger partial charge in [-0.05, 0) is 25.0 Å². The molecule has 4 nitrogen and oxygen atoms in total. The van der Waals surface area contributed by atoms with E-state index in [2.05, 4.69) is 0 Å². The molecule has 0 aromatic heterocycles. The number of nitrogens with zero attached hydrogens (tertiary/aromatic N) is 1. The summed E-state index contributed by atoms with van der Waals surface area (Å²) in [6.45, 7) is 1.96. The van der Waals surface area contributed by atoms with Crippen LogP contribution in [0.15, 0.2) is 18.2 Å². The van der Waals surface area contributed by atoms with Gasteiger partial charge in [0.15, 0.2) is 0 Å². The van der Waals surface area contributed by atoms with Crippen LogP contribution in [-0.4, -0.2) is 17.2 Å². The van der Waals surface area contributed by atoms with Crippen molar-refractivity contribution in [2.45, 2.75) is 19.4 Å². The predicted molar refractivity (Wildman–Crippen MR) is 52.1 cm³/mol. The van der Waals surface area contributed by atoms with Gasteiger partial charge in [0.1, 0.15) is 0 Å². The average Bonchev–Trinajstić information content (AvgIpc) is 2.14. The van der Waals surface area contributed by atoms with E-state index in [4.69, 9.17) is 5.73 Å². The van der Waals surface area contributed by atoms with Crippen LogP contribution in [0.5, 0.6) is 0 Å². The monoisotopic (exact) mass is 192 g/mol. The highest BCUT2D eigenvalue weighted by Gasteiger charge is 2.29. The number of anilines is 1. The molecule has 2 rings (SSSR count). The van der Waals surface area contributed by atoms with Crippen LogP contribution in [0.1, 0.15) is 11.1 Å². The van der Waals surface area contributed by atoms with Crippen molar-refractivity contribution in [2.75, 3.05) is 5.06 Å². The molecule has 1 atom stereocenters. The molecule has 0 unspecified atom stereocenters. The van der Waals surface area contributed by atoms with Crippen LogP contribution in [-0.2, 0) is 11.2 Å². The van der Waals surface area contributed by atoms with Crippen molar-refractivity contribution in [3.8, 4) is 0 Å². The summed E-state index contributed by atoms with van der Waals surface area (Å²) in [4.78, 5) is 11.3. The number of fused-ring (bicyclic) bond motifs is 1. The molecular formula is C10H12N2O2. The highest BCUT2D eigenvalue weighted by Crippen LogP contribution is 2.26. The third-order valence-electron chi connectivity index (χ3n) is 2.43. The third-order valence-corrected chi connectivity index (χ3v) is 2.43. The Morgan fingerprint density at radius 1 is 1.57 bits per heavy atom. The van der Waals surface area contributed by atoms with E-state index in [1.165, 1.54) is 0 Å². The van der Waals surface area contributed by atoms with Crippen LogP contribution in [0.25, 0.3) is 0 Å². The molecule has 0 bridgehead atoms. The van der Waals surface area contributed by atoms with E-state index in [9.17, 15) is 10.0 Å². The van der Waals surface area contributed by atoms with E-state index in [1.807, 2.05) is 19.1 Å². The molecule has 0 spiro atoms. The van der Waals surface area contributed by atoms with Crippen LogP contribution in [0.3, 0.4) is 0 Å². The second-order valence-electron chi connectivity index (χ2n) is 3.59. The van der Waals surface area contributed by atoms with Crippen LogP contribution in [0, 0.1) is 6.92 Å². The fourth-order valence-corrected chi connectivity index (χ4v) is 1.68. The minimum Gasteiger partial charge on any atom is -0.320 e. The predicted octanol–water partition coefficient (Wildman–Crippen LogP) is 0.601. The SMILES string of the molecule is Cc1ccc2c(c1)C[C@@H](N)C(=O)N2O. The van der Waals surface area contributed by atoms with Gasteiger partial charge in [0.25, 0.3) is 5.91 Å². The van der Waals surface area contributed by atoms with Crippen LogP contribution >= 0.6 is 0 Å². The second-order valence-corrected chi connectivity index (χ2v) is 3.59. The first-order chi connectivity index (χ1) is 6.59. The standard InChI is InChI=1S/C10H12N2O2/c1-6-2-3-9-7(4-6)5-8(11)10(13)12(9)14/h2-4,8,14H,5,11H2,1H3/t8-/m1/s1. The fraction of sp³-hybridized carbons (Fsp3) is 0.300. The number of hydrogen-bond donors (Lipinski definition) is 2. The van der Waals surface area contributed by atoms with Crippen molar-refractivity contribution in [1.82, 2.24) is 0 Å². The van der Waals surface area contributed by atoms with E-state index in [-0.39, 0.29) is 0 Å². The van der Waals surface area contributed by atoms with Crippen molar-refractivity contribution in [3.63, 3.8) is 0 Å². The highest BCUT2D eigenvalue weighted by atomic mass is 16.5. The Morgan fingerprint density at radius 3 is 3.00 bits per heavy atom. The molecule has 1 aliphatic rings. The summed E-state index contributed by atoms with van der Waals surface area (Å²) >= 11 is 0. The summed E-state index contributed by atoms with van der Waals surface area (Å²) in [6.07, 6.45) is 0.493. The molecule has 1 amide bonds. The van der Waals surface area contributed by atoms with Gasteiger partial charge in [-0.15, -0.1) is 0 Å². The minimum absolute atomic E-state index is 0.443. The van der Waals surface area contributed by atoms with Gasteiger partial charge in [0, 0.05) is 0 Å². The summed E-state index contributed by atoms with van der Waals surface area (Å²) in [5.74, 6) is -0.443. The fourth-order valence-electron chi connectivity index (χ4n) is 1.68. The second kappa shape index (κ2) is 3.08. The average molecular weight is 192 g/mol. The number of aryl methyl sites for hydroxylation is 1. The Bertz CT molecular complexity index is 390. The van der Waals surface area contributed by atoms with E-state index in [0.717, 1.165) is 11.1 Å². The first-order valence-corrected chi connectivity index (χ1v) is 4.47. The van der Waals surface area contributed by atoms with E-state index in [0.29, 0.717) is 17.2 Å². The largest absolute Gasteiger partial charge is 0.320 e. The maximum atomic E-state index is 11.3. The number of carbonyl (C=O) groups is 1.